The van der Waals surface area contributed by atoms with E-state index in [0.717, 1.165) is 0 Å². The molecule has 76 valence electrons. The third-order valence-electron chi connectivity index (χ3n) is 1.91. The Labute approximate surface area is 81.8 Å². The summed E-state index contributed by atoms with van der Waals surface area (Å²) in [5, 5.41) is 18.2. The van der Waals surface area contributed by atoms with Crippen molar-refractivity contribution in [1.82, 2.24) is 0 Å². The zero-order valence-electron chi connectivity index (χ0n) is 8.07. The molecule has 0 atom stereocenters. The number of rotatable bonds is 3. The van der Waals surface area contributed by atoms with Crippen LogP contribution in [-0.4, -0.2) is 22.8 Å². The summed E-state index contributed by atoms with van der Waals surface area (Å²) < 4.78 is 5.14. The predicted octanol–water partition coefficient (Wildman–Crippen LogP) is 1.80. The van der Waals surface area contributed by atoms with Gasteiger partial charge in [-0.1, -0.05) is 0 Å². The molecular formula is C10H12O4. The first-order valence-electron chi connectivity index (χ1n) is 4.26. The quantitative estimate of drug-likeness (QED) is 0.773. The van der Waals surface area contributed by atoms with Crippen LogP contribution in [0.1, 0.15) is 22.8 Å². The first kappa shape index (κ1) is 10.4. The standard InChI is InChI=1S/C10H12O4/c1-3-14-8-5-4-7(11)6(2)9(8)10(12)13/h4-5,11H,3H2,1-2H3,(H,12,13). The molecule has 0 unspecified atom stereocenters. The summed E-state index contributed by atoms with van der Waals surface area (Å²) in [4.78, 5) is 10.9. The van der Waals surface area contributed by atoms with Crippen molar-refractivity contribution in [1.29, 1.82) is 0 Å². The van der Waals surface area contributed by atoms with Gasteiger partial charge in [-0.2, -0.15) is 0 Å². The fraction of sp³-hybridized carbons (Fsp3) is 0.300. The van der Waals surface area contributed by atoms with Crippen molar-refractivity contribution < 1.29 is 19.7 Å². The Hall–Kier alpha value is -1.71. The summed E-state index contributed by atoms with van der Waals surface area (Å²) in [5.41, 5.74) is 0.343. The highest BCUT2D eigenvalue weighted by Gasteiger charge is 2.16. The summed E-state index contributed by atoms with van der Waals surface area (Å²) >= 11 is 0. The van der Waals surface area contributed by atoms with Crippen LogP contribution in [0, 0.1) is 6.92 Å². The van der Waals surface area contributed by atoms with E-state index in [2.05, 4.69) is 0 Å². The monoisotopic (exact) mass is 196 g/mol. The summed E-state index contributed by atoms with van der Waals surface area (Å²) in [6, 6.07) is 2.88. The van der Waals surface area contributed by atoms with Gasteiger partial charge in [0.15, 0.2) is 0 Å². The van der Waals surface area contributed by atoms with Gasteiger partial charge in [0.25, 0.3) is 0 Å². The van der Waals surface area contributed by atoms with Gasteiger partial charge >= 0.3 is 5.97 Å². The summed E-state index contributed by atoms with van der Waals surface area (Å²) in [7, 11) is 0. The number of phenols is 1. The Morgan fingerprint density at radius 3 is 2.64 bits per heavy atom. The third-order valence-corrected chi connectivity index (χ3v) is 1.91. The van der Waals surface area contributed by atoms with Gasteiger partial charge in [0, 0.05) is 5.56 Å². The minimum Gasteiger partial charge on any atom is -0.508 e. The Balaban J connectivity index is 3.30. The number of carbonyl (C=O) groups is 1. The van der Waals surface area contributed by atoms with Crippen LogP contribution in [0.15, 0.2) is 12.1 Å². The number of carboxylic acids is 1. The topological polar surface area (TPSA) is 66.8 Å². The molecule has 0 radical (unpaired) electrons. The molecule has 0 saturated carbocycles. The number of hydrogen-bond donors (Lipinski definition) is 2. The average molecular weight is 196 g/mol. The van der Waals surface area contributed by atoms with Crippen LogP contribution in [0.25, 0.3) is 0 Å². The molecule has 0 bridgehead atoms. The van der Waals surface area contributed by atoms with E-state index < -0.39 is 5.97 Å². The highest BCUT2D eigenvalue weighted by molar-refractivity contribution is 5.93. The molecule has 0 spiro atoms. The van der Waals surface area contributed by atoms with Crippen LogP contribution in [0.2, 0.25) is 0 Å². The number of aromatic carboxylic acids is 1. The summed E-state index contributed by atoms with van der Waals surface area (Å²) in [6.45, 7) is 3.71. The van der Waals surface area contributed by atoms with Gasteiger partial charge in [0.2, 0.25) is 0 Å². The Kier molecular flexibility index (Phi) is 2.96. The molecule has 4 heteroatoms. The number of phenolic OH excluding ortho intramolecular Hbond substituents is 1. The van der Waals surface area contributed by atoms with Crippen LogP contribution in [0.4, 0.5) is 0 Å². The molecule has 0 aliphatic rings. The van der Waals surface area contributed by atoms with Gasteiger partial charge in [-0.25, -0.2) is 4.79 Å². The Bertz CT molecular complexity index is 357. The van der Waals surface area contributed by atoms with Crippen molar-refractivity contribution in [3.8, 4) is 11.5 Å². The van der Waals surface area contributed by atoms with Crippen LogP contribution in [-0.2, 0) is 0 Å². The molecule has 1 rings (SSSR count). The molecule has 0 aliphatic heterocycles. The van der Waals surface area contributed by atoms with E-state index in [4.69, 9.17) is 9.84 Å². The van der Waals surface area contributed by atoms with Crippen molar-refractivity contribution in [3.63, 3.8) is 0 Å². The van der Waals surface area contributed by atoms with E-state index in [9.17, 15) is 9.90 Å². The van der Waals surface area contributed by atoms with Crippen molar-refractivity contribution in [2.24, 2.45) is 0 Å². The number of aromatic hydroxyl groups is 1. The Morgan fingerprint density at radius 2 is 2.14 bits per heavy atom. The van der Waals surface area contributed by atoms with Gasteiger partial charge < -0.3 is 14.9 Å². The van der Waals surface area contributed by atoms with E-state index in [-0.39, 0.29) is 17.1 Å². The van der Waals surface area contributed by atoms with Crippen LogP contribution in [0.3, 0.4) is 0 Å². The molecule has 1 aromatic carbocycles. The molecule has 0 saturated heterocycles. The van der Waals surface area contributed by atoms with Crippen molar-refractivity contribution in [2.45, 2.75) is 13.8 Å². The average Bonchev–Trinajstić information content (AvgIpc) is 2.11. The lowest BCUT2D eigenvalue weighted by Crippen LogP contribution is -2.05. The molecule has 0 aromatic heterocycles. The number of ether oxygens (including phenoxy) is 1. The second kappa shape index (κ2) is 4.00. The summed E-state index contributed by atoms with van der Waals surface area (Å²) in [6.07, 6.45) is 0. The van der Waals surface area contributed by atoms with E-state index in [1.165, 1.54) is 12.1 Å². The SMILES string of the molecule is CCOc1ccc(O)c(C)c1C(=O)O. The van der Waals surface area contributed by atoms with E-state index in [1.54, 1.807) is 13.8 Å². The molecule has 4 nitrogen and oxygen atoms in total. The number of hydrogen-bond acceptors (Lipinski definition) is 3. The van der Waals surface area contributed by atoms with Crippen LogP contribution in [0.5, 0.6) is 11.5 Å². The summed E-state index contributed by atoms with van der Waals surface area (Å²) in [5.74, 6) is -0.844. The lowest BCUT2D eigenvalue weighted by atomic mass is 10.1. The van der Waals surface area contributed by atoms with Gasteiger partial charge in [0.05, 0.1) is 6.61 Å². The fourth-order valence-electron chi connectivity index (χ4n) is 1.22. The minimum atomic E-state index is -1.10. The molecule has 14 heavy (non-hydrogen) atoms. The first-order valence-corrected chi connectivity index (χ1v) is 4.26. The lowest BCUT2D eigenvalue weighted by molar-refractivity contribution is 0.0691. The second-order valence-corrected chi connectivity index (χ2v) is 2.82. The first-order chi connectivity index (χ1) is 6.57. The second-order valence-electron chi connectivity index (χ2n) is 2.82. The van der Waals surface area contributed by atoms with E-state index in [1.807, 2.05) is 0 Å². The normalized spacial score (nSPS) is 9.86. The van der Waals surface area contributed by atoms with Gasteiger partial charge in [-0.15, -0.1) is 0 Å². The zero-order valence-corrected chi connectivity index (χ0v) is 8.07. The van der Waals surface area contributed by atoms with Crippen LogP contribution < -0.4 is 4.74 Å². The maximum atomic E-state index is 10.9. The highest BCUT2D eigenvalue weighted by atomic mass is 16.5. The molecule has 1 aromatic rings. The van der Waals surface area contributed by atoms with Gasteiger partial charge in [-0.05, 0) is 26.0 Å². The van der Waals surface area contributed by atoms with Crippen molar-refractivity contribution in [3.05, 3.63) is 23.3 Å². The number of carboxylic acid groups (broad SMARTS) is 1. The fourth-order valence-corrected chi connectivity index (χ4v) is 1.22. The molecular weight excluding hydrogens is 184 g/mol. The lowest BCUT2D eigenvalue weighted by Gasteiger charge is -2.10. The molecule has 0 amide bonds. The smallest absolute Gasteiger partial charge is 0.339 e. The van der Waals surface area contributed by atoms with Gasteiger partial charge in [0.1, 0.15) is 17.1 Å². The maximum absolute atomic E-state index is 10.9. The van der Waals surface area contributed by atoms with E-state index in [0.29, 0.717) is 12.2 Å². The molecule has 2 N–H and O–H groups in total. The number of benzene rings is 1. The van der Waals surface area contributed by atoms with Crippen molar-refractivity contribution >= 4 is 5.97 Å². The zero-order chi connectivity index (χ0) is 10.7. The molecule has 0 aliphatic carbocycles. The highest BCUT2D eigenvalue weighted by Crippen LogP contribution is 2.28. The molecule has 0 heterocycles. The van der Waals surface area contributed by atoms with Gasteiger partial charge in [-0.3, -0.25) is 0 Å². The van der Waals surface area contributed by atoms with E-state index >= 15 is 0 Å². The predicted molar refractivity (Wildman–Crippen MR) is 51.0 cm³/mol. The van der Waals surface area contributed by atoms with Crippen LogP contribution >= 0.6 is 0 Å². The largest absolute Gasteiger partial charge is 0.508 e. The minimum absolute atomic E-state index is 0.0202. The maximum Gasteiger partial charge on any atom is 0.339 e. The molecule has 0 fully saturated rings. The third kappa shape index (κ3) is 1.79. The Morgan fingerprint density at radius 1 is 1.50 bits per heavy atom. The van der Waals surface area contributed by atoms with Crippen molar-refractivity contribution in [2.75, 3.05) is 6.61 Å².